The number of nitrogens with zero attached hydrogens (tertiary/aromatic N) is 3. The largest absolute Gasteiger partial charge is 0.456 e. The smallest absolute Gasteiger partial charge is 0.414 e. The topological polar surface area (TPSA) is 118 Å². The second kappa shape index (κ2) is 11.0. The fourth-order valence-electron chi connectivity index (χ4n) is 3.37. The lowest BCUT2D eigenvalue weighted by Crippen LogP contribution is -2.37. The lowest BCUT2D eigenvalue weighted by molar-refractivity contribution is -0.187. The van der Waals surface area contributed by atoms with Gasteiger partial charge in [-0.15, -0.1) is 0 Å². The number of halogens is 3. The Hall–Kier alpha value is -3.55. The lowest BCUT2D eigenvalue weighted by Gasteiger charge is -2.24. The summed E-state index contributed by atoms with van der Waals surface area (Å²) in [5.41, 5.74) is 0.410. The molecule has 14 heteroatoms. The number of hydroxylamine groups is 2. The summed E-state index contributed by atoms with van der Waals surface area (Å²) < 4.78 is 49.2. The second-order valence-corrected chi connectivity index (χ2v) is 7.39. The highest BCUT2D eigenvalue weighted by Gasteiger charge is 2.33. The van der Waals surface area contributed by atoms with Crippen molar-refractivity contribution >= 4 is 35.3 Å². The van der Waals surface area contributed by atoms with Crippen LogP contribution in [0.25, 0.3) is 0 Å². The third-order valence-corrected chi connectivity index (χ3v) is 5.02. The van der Waals surface area contributed by atoms with Crippen molar-refractivity contribution in [3.8, 4) is 0 Å². The molecule has 0 bridgehead atoms. The van der Waals surface area contributed by atoms with Crippen molar-refractivity contribution in [2.75, 3.05) is 55.7 Å². The van der Waals surface area contributed by atoms with Crippen molar-refractivity contribution in [1.29, 1.82) is 0 Å². The van der Waals surface area contributed by atoms with Gasteiger partial charge in [-0.2, -0.15) is 8.78 Å². The summed E-state index contributed by atoms with van der Waals surface area (Å²) in [6.45, 7) is 1.05. The number of carbonyl (C=O) groups is 4. The molecule has 3 rings (SSSR count). The van der Waals surface area contributed by atoms with Crippen LogP contribution in [-0.4, -0.2) is 87.4 Å². The number of hydrogen-bond donors (Lipinski definition) is 1. The van der Waals surface area contributed by atoms with E-state index in [-0.39, 0.29) is 50.7 Å². The first kappa shape index (κ1) is 25.1. The van der Waals surface area contributed by atoms with E-state index in [0.29, 0.717) is 0 Å². The van der Waals surface area contributed by atoms with Gasteiger partial charge in [-0.1, -0.05) is 0 Å². The molecule has 2 aliphatic heterocycles. The predicted molar refractivity (Wildman–Crippen MR) is 110 cm³/mol. The van der Waals surface area contributed by atoms with Crippen molar-refractivity contribution in [3.63, 3.8) is 0 Å². The van der Waals surface area contributed by atoms with Crippen LogP contribution in [-0.2, 0) is 28.7 Å². The molecule has 3 amide bonds. The van der Waals surface area contributed by atoms with Crippen molar-refractivity contribution in [2.45, 2.75) is 19.5 Å². The van der Waals surface area contributed by atoms with Gasteiger partial charge in [-0.05, 0) is 18.2 Å². The second-order valence-electron chi connectivity index (χ2n) is 7.39. The molecule has 0 aromatic heterocycles. The van der Waals surface area contributed by atoms with E-state index in [9.17, 15) is 32.3 Å². The number of esters is 1. The van der Waals surface area contributed by atoms with Gasteiger partial charge in [-0.3, -0.25) is 24.1 Å². The van der Waals surface area contributed by atoms with Gasteiger partial charge in [0.25, 0.3) is 11.8 Å². The molecule has 0 aliphatic carbocycles. The predicted octanol–water partition coefficient (Wildman–Crippen LogP) is 0.675. The molecule has 0 spiro atoms. The van der Waals surface area contributed by atoms with Crippen molar-refractivity contribution < 1.29 is 46.7 Å². The molecule has 34 heavy (non-hydrogen) atoms. The summed E-state index contributed by atoms with van der Waals surface area (Å²) in [7, 11) is 0. The normalized spacial score (nSPS) is 18.6. The fraction of sp³-hybridized carbons (Fsp3) is 0.500. The number of alkyl halides is 2. The van der Waals surface area contributed by atoms with Crippen LogP contribution in [0.2, 0.25) is 0 Å². The van der Waals surface area contributed by atoms with E-state index in [2.05, 4.69) is 4.74 Å². The number of carbonyl (C=O) groups excluding carboxylic acids is 4. The van der Waals surface area contributed by atoms with Crippen molar-refractivity contribution in [1.82, 2.24) is 10.4 Å². The first-order valence-corrected chi connectivity index (χ1v) is 10.3. The van der Waals surface area contributed by atoms with Gasteiger partial charge in [0.2, 0.25) is 0 Å². The Labute approximate surface area is 192 Å². The molecule has 1 unspecified atom stereocenters. The highest BCUT2D eigenvalue weighted by atomic mass is 19.3. The zero-order chi connectivity index (χ0) is 24.8. The van der Waals surface area contributed by atoms with Gasteiger partial charge in [-0.25, -0.2) is 14.2 Å². The lowest BCUT2D eigenvalue weighted by atomic mass is 10.2. The average molecular weight is 488 g/mol. The molecule has 2 saturated heterocycles. The summed E-state index contributed by atoms with van der Waals surface area (Å²) in [5.74, 6) is -3.25. The number of rotatable bonds is 7. The van der Waals surface area contributed by atoms with Crippen LogP contribution in [0.3, 0.4) is 0 Å². The van der Waals surface area contributed by atoms with Gasteiger partial charge in [0.15, 0.2) is 6.61 Å². The average Bonchev–Trinajstić information content (AvgIpc) is 3.00. The van der Waals surface area contributed by atoms with E-state index in [1.165, 1.54) is 19.1 Å². The Kier molecular flexibility index (Phi) is 8.15. The first-order valence-electron chi connectivity index (χ1n) is 10.3. The maximum absolute atomic E-state index is 14.9. The third-order valence-electron chi connectivity index (χ3n) is 5.02. The molecule has 0 saturated carbocycles. The zero-order valence-corrected chi connectivity index (χ0v) is 18.2. The summed E-state index contributed by atoms with van der Waals surface area (Å²) in [5, 5.41) is 3.03. The van der Waals surface area contributed by atoms with Gasteiger partial charge in [0, 0.05) is 20.0 Å². The maximum atomic E-state index is 14.9. The number of nitrogens with one attached hydrogen (secondary N) is 1. The highest BCUT2D eigenvalue weighted by molar-refractivity contribution is 5.90. The van der Waals surface area contributed by atoms with Crippen molar-refractivity contribution in [3.05, 3.63) is 24.0 Å². The third kappa shape index (κ3) is 6.27. The van der Waals surface area contributed by atoms with Crippen LogP contribution in [0, 0.1) is 5.82 Å². The summed E-state index contributed by atoms with van der Waals surface area (Å²) in [4.78, 5) is 54.2. The molecular formula is C20H23F3N4O7. The molecule has 2 aliphatic rings. The highest BCUT2D eigenvalue weighted by Crippen LogP contribution is 2.28. The Balaban J connectivity index is 1.59. The van der Waals surface area contributed by atoms with Crippen molar-refractivity contribution in [2.24, 2.45) is 0 Å². The van der Waals surface area contributed by atoms with Gasteiger partial charge in [0.1, 0.15) is 11.9 Å². The maximum Gasteiger partial charge on any atom is 0.414 e. The molecule has 186 valence electrons. The summed E-state index contributed by atoms with van der Waals surface area (Å²) >= 11 is 0. The molecule has 1 N–H and O–H groups in total. The van der Waals surface area contributed by atoms with E-state index < -0.39 is 48.8 Å². The molecule has 2 heterocycles. The van der Waals surface area contributed by atoms with Crippen LogP contribution in [0.4, 0.5) is 29.3 Å². The van der Waals surface area contributed by atoms with Crippen LogP contribution in [0.1, 0.15) is 6.92 Å². The SMILES string of the molecule is CC(=O)OCC(=O)N1CCN(c2ccc(N3CC(CNC(=O)C(F)F)OC3=O)cc2F)CCO1. The van der Waals surface area contributed by atoms with Gasteiger partial charge < -0.3 is 19.7 Å². The van der Waals surface area contributed by atoms with E-state index >= 15 is 0 Å². The number of cyclic esters (lactones) is 1. The Morgan fingerprint density at radius 2 is 2.00 bits per heavy atom. The Morgan fingerprint density at radius 3 is 2.68 bits per heavy atom. The number of anilines is 2. The number of hydrogen-bond acceptors (Lipinski definition) is 8. The Bertz CT molecular complexity index is 949. The van der Waals surface area contributed by atoms with E-state index in [4.69, 9.17) is 9.57 Å². The van der Waals surface area contributed by atoms with E-state index in [0.717, 1.165) is 16.0 Å². The summed E-state index contributed by atoms with van der Waals surface area (Å²) in [6, 6.07) is 4.08. The number of benzene rings is 1. The van der Waals surface area contributed by atoms with E-state index in [1.54, 1.807) is 4.90 Å². The minimum atomic E-state index is -3.18. The quantitative estimate of drug-likeness (QED) is 0.557. The Morgan fingerprint density at radius 1 is 1.24 bits per heavy atom. The minimum Gasteiger partial charge on any atom is -0.456 e. The molecule has 1 aromatic rings. The molecule has 0 radical (unpaired) electrons. The molecule has 11 nitrogen and oxygen atoms in total. The number of ether oxygens (including phenoxy) is 2. The monoisotopic (exact) mass is 488 g/mol. The van der Waals surface area contributed by atoms with Crippen LogP contribution >= 0.6 is 0 Å². The first-order chi connectivity index (χ1) is 16.2. The van der Waals surface area contributed by atoms with Gasteiger partial charge in [0.05, 0.1) is 37.6 Å². The molecule has 1 atom stereocenters. The zero-order valence-electron chi connectivity index (χ0n) is 18.2. The van der Waals surface area contributed by atoms with E-state index in [1.807, 2.05) is 5.32 Å². The van der Waals surface area contributed by atoms with Crippen LogP contribution in [0.5, 0.6) is 0 Å². The fourth-order valence-corrected chi connectivity index (χ4v) is 3.37. The standard InChI is InChI=1S/C20H23F3N4O7/c1-12(28)32-11-17(29)27-5-4-25(6-7-33-27)16-3-2-13(8-15(16)21)26-10-14(34-20(26)31)9-24-19(30)18(22)23/h2-3,8,14,18H,4-7,9-11H2,1H3,(H,24,30). The number of amides is 3. The summed E-state index contributed by atoms with van der Waals surface area (Å²) in [6.07, 6.45) is -4.84. The van der Waals surface area contributed by atoms with Crippen LogP contribution < -0.4 is 15.1 Å². The van der Waals surface area contributed by atoms with Gasteiger partial charge >= 0.3 is 18.5 Å². The molecule has 1 aromatic carbocycles. The molecular weight excluding hydrogens is 465 g/mol. The molecule has 2 fully saturated rings. The minimum absolute atomic E-state index is 0.0574. The van der Waals surface area contributed by atoms with Crippen LogP contribution in [0.15, 0.2) is 18.2 Å².